The molecule has 0 saturated carbocycles. The zero-order chi connectivity index (χ0) is 20.9. The summed E-state index contributed by atoms with van der Waals surface area (Å²) >= 11 is 1.74. The van der Waals surface area contributed by atoms with Crippen LogP contribution in [-0.2, 0) is 6.42 Å². The SMILES string of the molecule is C.C.C.CC1=Nc2ccccc2C1.Cc1nc2ccccc2s1.Cc1nc2ncccc2[nH]1. The van der Waals surface area contributed by atoms with Crippen LogP contribution in [0.25, 0.3) is 21.4 Å². The van der Waals surface area contributed by atoms with Gasteiger partial charge in [-0.3, -0.25) is 4.99 Å². The highest BCUT2D eigenvalue weighted by Crippen LogP contribution is 2.25. The molecule has 0 aliphatic carbocycles. The number of nitrogens with one attached hydrogen (secondary N) is 1. The fourth-order valence-corrected chi connectivity index (χ4v) is 4.07. The molecule has 0 radical (unpaired) electrons. The molecule has 5 aromatic rings. The van der Waals surface area contributed by atoms with Crippen molar-refractivity contribution in [2.45, 2.75) is 49.5 Å². The van der Waals surface area contributed by atoms with Crippen molar-refractivity contribution in [3.05, 3.63) is 83.3 Å². The Morgan fingerprint density at radius 1 is 0.818 bits per heavy atom. The van der Waals surface area contributed by atoms with Crippen molar-refractivity contribution in [3.63, 3.8) is 0 Å². The van der Waals surface area contributed by atoms with Gasteiger partial charge in [0.25, 0.3) is 0 Å². The van der Waals surface area contributed by atoms with Gasteiger partial charge in [-0.2, -0.15) is 0 Å². The number of aromatic nitrogens is 4. The average Bonchev–Trinajstić information content (AvgIpc) is 3.41. The summed E-state index contributed by atoms with van der Waals surface area (Å²) in [6.07, 6.45) is 2.78. The van der Waals surface area contributed by atoms with Gasteiger partial charge in [-0.15, -0.1) is 11.3 Å². The molecule has 6 rings (SSSR count). The van der Waals surface area contributed by atoms with Crippen molar-refractivity contribution >= 4 is 44.1 Å². The predicted octanol–water partition coefficient (Wildman–Crippen LogP) is 8.11. The maximum Gasteiger partial charge on any atom is 0.177 e. The summed E-state index contributed by atoms with van der Waals surface area (Å²) in [6, 6.07) is 20.3. The highest BCUT2D eigenvalue weighted by Gasteiger charge is 2.08. The van der Waals surface area contributed by atoms with Crippen molar-refractivity contribution in [1.82, 2.24) is 19.9 Å². The van der Waals surface area contributed by atoms with Crippen LogP contribution in [0.5, 0.6) is 0 Å². The van der Waals surface area contributed by atoms with E-state index >= 15 is 0 Å². The molecule has 0 unspecified atom stereocenters. The Bertz CT molecular complexity index is 1180. The molecule has 1 aliphatic heterocycles. The van der Waals surface area contributed by atoms with Gasteiger partial charge in [0.1, 0.15) is 5.82 Å². The molecule has 1 aliphatic rings. The van der Waals surface area contributed by atoms with Crippen LogP contribution in [0.15, 0.2) is 71.9 Å². The van der Waals surface area contributed by atoms with Crippen LogP contribution in [-0.4, -0.2) is 25.6 Å². The number of H-pyrrole nitrogens is 1. The van der Waals surface area contributed by atoms with Crippen molar-refractivity contribution in [3.8, 4) is 0 Å². The van der Waals surface area contributed by atoms with Gasteiger partial charge in [0.05, 0.1) is 26.4 Å². The minimum atomic E-state index is 0. The number of para-hydroxylation sites is 2. The van der Waals surface area contributed by atoms with Crippen molar-refractivity contribution < 1.29 is 0 Å². The average molecular weight is 462 g/mol. The van der Waals surface area contributed by atoms with Crippen LogP contribution in [0.3, 0.4) is 0 Å². The fourth-order valence-electron chi connectivity index (χ4n) is 3.24. The Hall–Kier alpha value is -3.38. The minimum Gasteiger partial charge on any atom is -0.341 e. The van der Waals surface area contributed by atoms with E-state index in [4.69, 9.17) is 0 Å². The van der Waals surface area contributed by atoms with E-state index < -0.39 is 0 Å². The molecule has 0 spiro atoms. The summed E-state index contributed by atoms with van der Waals surface area (Å²) in [5.41, 5.74) is 6.64. The molecule has 0 fully saturated rings. The van der Waals surface area contributed by atoms with E-state index in [1.807, 2.05) is 50.2 Å². The Morgan fingerprint density at radius 2 is 1.55 bits per heavy atom. The van der Waals surface area contributed by atoms with Crippen LogP contribution >= 0.6 is 11.3 Å². The van der Waals surface area contributed by atoms with E-state index in [-0.39, 0.29) is 22.3 Å². The molecule has 0 bridgehead atoms. The molecule has 0 saturated heterocycles. The number of nitrogens with zero attached hydrogens (tertiary/aromatic N) is 4. The van der Waals surface area contributed by atoms with E-state index in [9.17, 15) is 0 Å². The topological polar surface area (TPSA) is 66.8 Å². The number of aryl methyl sites for hydroxylation is 2. The van der Waals surface area contributed by atoms with Gasteiger partial charge in [0, 0.05) is 18.3 Å². The lowest BCUT2D eigenvalue weighted by Gasteiger charge is -1.91. The Balaban J connectivity index is 0.000000237. The number of pyridine rings is 1. The number of imidazole rings is 1. The third kappa shape index (κ3) is 7.05. The Kier molecular flexibility index (Phi) is 10.6. The third-order valence-electron chi connectivity index (χ3n) is 4.53. The third-order valence-corrected chi connectivity index (χ3v) is 5.48. The second kappa shape index (κ2) is 12.6. The Labute approximate surface area is 201 Å². The normalized spacial score (nSPS) is 10.8. The standard InChI is InChI=1S/C9H9N.C8H7NS.C7H7N3.3CH4/c1-7-6-8-4-2-3-5-9(8)10-7;1-6-9-7-4-2-3-5-8(7)10-6;1-5-9-6-3-2-4-8-7(6)10-5;;;/h2-5H,6H2,1H3;2-5H,1H3;2-4H,1H3,(H,8,9,10);3*1H4. The van der Waals surface area contributed by atoms with Crippen LogP contribution < -0.4 is 0 Å². The van der Waals surface area contributed by atoms with E-state index in [0.29, 0.717) is 0 Å². The summed E-state index contributed by atoms with van der Waals surface area (Å²) in [5, 5.41) is 1.14. The first kappa shape index (κ1) is 27.7. The molecule has 0 amide bonds. The second-order valence-corrected chi connectivity index (χ2v) is 8.28. The van der Waals surface area contributed by atoms with Gasteiger partial charge in [-0.1, -0.05) is 52.6 Å². The quantitative estimate of drug-likeness (QED) is 0.253. The number of hydrogen-bond acceptors (Lipinski definition) is 5. The Morgan fingerprint density at radius 3 is 2.27 bits per heavy atom. The first-order chi connectivity index (χ1) is 14.6. The molecule has 4 heterocycles. The molecule has 3 aromatic heterocycles. The largest absolute Gasteiger partial charge is 0.341 e. The number of thiazole rings is 1. The molecule has 0 atom stereocenters. The van der Waals surface area contributed by atoms with Crippen LogP contribution in [0.1, 0.15) is 45.6 Å². The second-order valence-electron chi connectivity index (χ2n) is 7.05. The summed E-state index contributed by atoms with van der Waals surface area (Å²) in [7, 11) is 0. The van der Waals surface area contributed by atoms with Gasteiger partial charge in [-0.25, -0.2) is 15.0 Å². The van der Waals surface area contributed by atoms with Gasteiger partial charge < -0.3 is 4.98 Å². The van der Waals surface area contributed by atoms with Gasteiger partial charge in [0.15, 0.2) is 5.65 Å². The predicted molar refractivity (Wildman–Crippen MR) is 146 cm³/mol. The lowest BCUT2D eigenvalue weighted by atomic mass is 10.1. The highest BCUT2D eigenvalue weighted by atomic mass is 32.1. The number of rotatable bonds is 0. The van der Waals surface area contributed by atoms with Crippen LogP contribution in [0.2, 0.25) is 0 Å². The molecule has 33 heavy (non-hydrogen) atoms. The first-order valence-electron chi connectivity index (χ1n) is 9.80. The molecule has 5 nitrogen and oxygen atoms in total. The molecule has 2 aromatic carbocycles. The van der Waals surface area contributed by atoms with Gasteiger partial charge in [0.2, 0.25) is 0 Å². The van der Waals surface area contributed by atoms with Crippen LogP contribution in [0.4, 0.5) is 5.69 Å². The van der Waals surface area contributed by atoms with Crippen molar-refractivity contribution in [2.75, 3.05) is 0 Å². The molecular weight excluding hydrogens is 426 g/mol. The summed E-state index contributed by atoms with van der Waals surface area (Å²) < 4.78 is 1.28. The minimum absolute atomic E-state index is 0. The number of benzene rings is 2. The number of hydrogen-bond donors (Lipinski definition) is 1. The number of fused-ring (bicyclic) bond motifs is 3. The number of aliphatic imine (C=N–C) groups is 1. The highest BCUT2D eigenvalue weighted by molar-refractivity contribution is 7.18. The lowest BCUT2D eigenvalue weighted by Crippen LogP contribution is -1.87. The van der Waals surface area contributed by atoms with Crippen molar-refractivity contribution in [2.24, 2.45) is 4.99 Å². The van der Waals surface area contributed by atoms with E-state index in [0.717, 1.165) is 39.6 Å². The van der Waals surface area contributed by atoms with E-state index in [2.05, 4.69) is 56.1 Å². The summed E-state index contributed by atoms with van der Waals surface area (Å²) in [6.45, 7) is 6.02. The van der Waals surface area contributed by atoms with E-state index in [1.165, 1.54) is 16.0 Å². The molecular formula is C27H35N5S. The van der Waals surface area contributed by atoms with Crippen LogP contribution in [0, 0.1) is 13.8 Å². The molecule has 1 N–H and O–H groups in total. The fraction of sp³-hybridized carbons (Fsp3) is 0.259. The summed E-state index contributed by atoms with van der Waals surface area (Å²) in [4.78, 5) is 20.0. The lowest BCUT2D eigenvalue weighted by molar-refractivity contribution is 1.16. The van der Waals surface area contributed by atoms with Gasteiger partial charge >= 0.3 is 0 Å². The zero-order valence-corrected chi connectivity index (χ0v) is 18.1. The maximum atomic E-state index is 4.37. The van der Waals surface area contributed by atoms with Gasteiger partial charge in [-0.05, 0) is 56.7 Å². The smallest absolute Gasteiger partial charge is 0.177 e. The monoisotopic (exact) mass is 461 g/mol. The first-order valence-corrected chi connectivity index (χ1v) is 10.6. The number of aromatic amines is 1. The summed E-state index contributed by atoms with van der Waals surface area (Å²) in [5.74, 6) is 0.911. The van der Waals surface area contributed by atoms with Crippen molar-refractivity contribution in [1.29, 1.82) is 0 Å². The maximum absolute atomic E-state index is 4.37. The van der Waals surface area contributed by atoms with E-state index in [1.54, 1.807) is 17.5 Å². The molecule has 6 heteroatoms. The molecule has 174 valence electrons. The zero-order valence-electron chi connectivity index (χ0n) is 17.3.